The number of alkyl halides is 1. The molecule has 1 aromatic rings. The summed E-state index contributed by atoms with van der Waals surface area (Å²) in [6, 6.07) is 5.47. The molecule has 17 heavy (non-hydrogen) atoms. The average Bonchev–Trinajstić information content (AvgIpc) is 2.35. The molecule has 0 bridgehead atoms. The number of aryl methyl sites for hydroxylation is 1. The number of hydrogen-bond donors (Lipinski definition) is 1. The molecule has 0 aliphatic rings. The Hall–Kier alpha value is -1.03. The molecule has 1 rings (SSSR count). The van der Waals surface area contributed by atoms with Gasteiger partial charge in [-0.2, -0.15) is 0 Å². The van der Waals surface area contributed by atoms with Gasteiger partial charge in [-0.25, -0.2) is 0 Å². The Morgan fingerprint density at radius 2 is 2.24 bits per heavy atom. The second-order valence-corrected chi connectivity index (χ2v) is 4.80. The Morgan fingerprint density at radius 1 is 1.53 bits per heavy atom. The van der Waals surface area contributed by atoms with Crippen molar-refractivity contribution in [2.45, 2.75) is 13.8 Å². The van der Waals surface area contributed by atoms with Crippen molar-refractivity contribution in [3.05, 3.63) is 29.3 Å². The van der Waals surface area contributed by atoms with Crippen molar-refractivity contribution in [1.82, 2.24) is 5.32 Å². The number of amides is 1. The van der Waals surface area contributed by atoms with Crippen molar-refractivity contribution in [2.24, 2.45) is 5.92 Å². The summed E-state index contributed by atoms with van der Waals surface area (Å²) in [5, 5.41) is 3.78. The Morgan fingerprint density at radius 3 is 2.82 bits per heavy atom. The van der Waals surface area contributed by atoms with Crippen LogP contribution in [0.5, 0.6) is 5.75 Å². The molecule has 0 aromatic heterocycles. The molecule has 3 nitrogen and oxygen atoms in total. The first-order chi connectivity index (χ1) is 8.08. The van der Waals surface area contributed by atoms with E-state index in [1.165, 1.54) is 0 Å². The second kappa shape index (κ2) is 6.64. The van der Waals surface area contributed by atoms with Crippen LogP contribution in [0.1, 0.15) is 22.8 Å². The normalized spacial score (nSPS) is 12.0. The first-order valence-corrected chi connectivity index (χ1v) is 6.69. The highest BCUT2D eigenvalue weighted by molar-refractivity contribution is 9.09. The topological polar surface area (TPSA) is 38.3 Å². The van der Waals surface area contributed by atoms with E-state index in [1.807, 2.05) is 19.1 Å². The van der Waals surface area contributed by atoms with E-state index in [1.54, 1.807) is 13.2 Å². The summed E-state index contributed by atoms with van der Waals surface area (Å²) in [5.41, 5.74) is 1.66. The van der Waals surface area contributed by atoms with E-state index in [9.17, 15) is 4.79 Å². The number of ether oxygens (including phenoxy) is 1. The maximum Gasteiger partial charge on any atom is 0.251 e. The quantitative estimate of drug-likeness (QED) is 0.849. The van der Waals surface area contributed by atoms with Gasteiger partial charge in [0, 0.05) is 17.4 Å². The minimum absolute atomic E-state index is 0.0592. The third kappa shape index (κ3) is 4.04. The molecule has 1 amide bonds. The van der Waals surface area contributed by atoms with Gasteiger partial charge in [-0.3, -0.25) is 4.79 Å². The molecule has 0 saturated heterocycles. The first-order valence-electron chi connectivity index (χ1n) is 5.57. The summed E-state index contributed by atoms with van der Waals surface area (Å²) >= 11 is 3.38. The van der Waals surface area contributed by atoms with Gasteiger partial charge in [0.15, 0.2) is 0 Å². The number of rotatable bonds is 5. The van der Waals surface area contributed by atoms with Gasteiger partial charge in [-0.15, -0.1) is 0 Å². The minimum Gasteiger partial charge on any atom is -0.496 e. The van der Waals surface area contributed by atoms with Gasteiger partial charge in [0.05, 0.1) is 7.11 Å². The van der Waals surface area contributed by atoms with E-state index in [2.05, 4.69) is 28.2 Å². The number of carbonyl (C=O) groups excluding carboxylic acids is 1. The summed E-state index contributed by atoms with van der Waals surface area (Å²) < 4.78 is 5.20. The fraction of sp³-hybridized carbons (Fsp3) is 0.462. The lowest BCUT2D eigenvalue weighted by Crippen LogP contribution is -2.28. The van der Waals surface area contributed by atoms with Crippen LogP contribution in [0.25, 0.3) is 0 Å². The standard InChI is InChI=1S/C13H18BrNO2/c1-9(7-14)8-15-13(16)11-5-4-10(2)12(6-11)17-3/h4-6,9H,7-8H2,1-3H3,(H,15,16). The van der Waals surface area contributed by atoms with E-state index in [0.29, 0.717) is 18.0 Å². The van der Waals surface area contributed by atoms with Crippen LogP contribution in [0.2, 0.25) is 0 Å². The first kappa shape index (κ1) is 14.0. The number of halogens is 1. The molecule has 0 fully saturated rings. The third-order valence-corrected chi connectivity index (χ3v) is 3.65. The molecule has 0 spiro atoms. The third-order valence-electron chi connectivity index (χ3n) is 2.54. The molecule has 0 heterocycles. The van der Waals surface area contributed by atoms with E-state index in [-0.39, 0.29) is 5.91 Å². The summed E-state index contributed by atoms with van der Waals surface area (Å²) in [7, 11) is 1.61. The molecule has 1 atom stereocenters. The van der Waals surface area contributed by atoms with E-state index < -0.39 is 0 Å². The number of carbonyl (C=O) groups is 1. The molecule has 0 aliphatic heterocycles. The molecule has 1 aromatic carbocycles. The van der Waals surface area contributed by atoms with Gasteiger partial charge < -0.3 is 10.1 Å². The highest BCUT2D eigenvalue weighted by atomic mass is 79.9. The predicted molar refractivity (Wildman–Crippen MR) is 73.0 cm³/mol. The van der Waals surface area contributed by atoms with Gasteiger partial charge >= 0.3 is 0 Å². The molecule has 1 unspecified atom stereocenters. The molecule has 0 radical (unpaired) electrons. The lowest BCUT2D eigenvalue weighted by atomic mass is 10.1. The molecular weight excluding hydrogens is 282 g/mol. The van der Waals surface area contributed by atoms with Crippen LogP contribution >= 0.6 is 15.9 Å². The molecule has 1 N–H and O–H groups in total. The summed E-state index contributed by atoms with van der Waals surface area (Å²) in [6.07, 6.45) is 0. The molecule has 0 aliphatic carbocycles. The van der Waals surface area contributed by atoms with Gasteiger partial charge in [0.25, 0.3) is 5.91 Å². The maximum absolute atomic E-state index is 11.9. The lowest BCUT2D eigenvalue weighted by Gasteiger charge is -2.11. The smallest absolute Gasteiger partial charge is 0.251 e. The van der Waals surface area contributed by atoms with Crippen molar-refractivity contribution in [3.63, 3.8) is 0 Å². The Labute approximate surface area is 111 Å². The zero-order valence-corrected chi connectivity index (χ0v) is 12.0. The van der Waals surface area contributed by atoms with Crippen LogP contribution in [0, 0.1) is 12.8 Å². The van der Waals surface area contributed by atoms with Crippen LogP contribution in [-0.2, 0) is 0 Å². The summed E-state index contributed by atoms with van der Waals surface area (Å²) in [4.78, 5) is 11.9. The Bertz CT molecular complexity index is 393. The molecule has 4 heteroatoms. The van der Waals surface area contributed by atoms with Gasteiger partial charge in [-0.05, 0) is 30.5 Å². The van der Waals surface area contributed by atoms with E-state index in [0.717, 1.165) is 16.6 Å². The van der Waals surface area contributed by atoms with Crippen molar-refractivity contribution < 1.29 is 9.53 Å². The monoisotopic (exact) mass is 299 g/mol. The van der Waals surface area contributed by atoms with Crippen LogP contribution in [0.15, 0.2) is 18.2 Å². The van der Waals surface area contributed by atoms with E-state index in [4.69, 9.17) is 4.74 Å². The molecule has 94 valence electrons. The minimum atomic E-state index is -0.0592. The van der Waals surface area contributed by atoms with Crippen LogP contribution in [0.3, 0.4) is 0 Å². The van der Waals surface area contributed by atoms with Crippen molar-refractivity contribution >= 4 is 21.8 Å². The lowest BCUT2D eigenvalue weighted by molar-refractivity contribution is 0.0949. The van der Waals surface area contributed by atoms with E-state index >= 15 is 0 Å². The predicted octanol–water partition coefficient (Wildman–Crippen LogP) is 2.76. The summed E-state index contributed by atoms with van der Waals surface area (Å²) in [5.74, 6) is 1.11. The summed E-state index contributed by atoms with van der Waals surface area (Å²) in [6.45, 7) is 4.69. The number of benzene rings is 1. The highest BCUT2D eigenvalue weighted by Crippen LogP contribution is 2.18. The average molecular weight is 300 g/mol. The van der Waals surface area contributed by atoms with Gasteiger partial charge in [-0.1, -0.05) is 28.9 Å². The molecular formula is C13H18BrNO2. The second-order valence-electron chi connectivity index (χ2n) is 4.15. The number of hydrogen-bond acceptors (Lipinski definition) is 2. The van der Waals surface area contributed by atoms with Gasteiger partial charge in [0.1, 0.15) is 5.75 Å². The van der Waals surface area contributed by atoms with Crippen molar-refractivity contribution in [1.29, 1.82) is 0 Å². The molecule has 0 saturated carbocycles. The highest BCUT2D eigenvalue weighted by Gasteiger charge is 2.09. The SMILES string of the molecule is COc1cc(C(=O)NCC(C)CBr)ccc1C. The van der Waals surface area contributed by atoms with Crippen molar-refractivity contribution in [2.75, 3.05) is 19.0 Å². The fourth-order valence-corrected chi connectivity index (χ4v) is 1.61. The van der Waals surface area contributed by atoms with Crippen LogP contribution < -0.4 is 10.1 Å². The zero-order valence-electron chi connectivity index (χ0n) is 10.4. The fourth-order valence-electron chi connectivity index (χ4n) is 1.38. The van der Waals surface area contributed by atoms with Crippen LogP contribution in [-0.4, -0.2) is 24.9 Å². The number of nitrogens with one attached hydrogen (secondary N) is 1. The van der Waals surface area contributed by atoms with Gasteiger partial charge in [0.2, 0.25) is 0 Å². The number of methoxy groups -OCH3 is 1. The zero-order chi connectivity index (χ0) is 12.8. The maximum atomic E-state index is 11.9. The van der Waals surface area contributed by atoms with Crippen molar-refractivity contribution in [3.8, 4) is 5.75 Å². The Balaban J connectivity index is 2.69. The van der Waals surface area contributed by atoms with Crippen LogP contribution in [0.4, 0.5) is 0 Å². The Kier molecular flexibility index (Phi) is 5.48. The largest absolute Gasteiger partial charge is 0.496 e.